The van der Waals surface area contributed by atoms with Crippen molar-refractivity contribution in [3.63, 3.8) is 0 Å². The molecule has 10 heteroatoms. The third-order valence-electron chi connectivity index (χ3n) is 4.71. The van der Waals surface area contributed by atoms with Crippen LogP contribution in [0, 0.1) is 5.41 Å². The molecule has 0 unspecified atom stereocenters. The number of sulfonamides is 1. The molecule has 0 radical (unpaired) electrons. The predicted molar refractivity (Wildman–Crippen MR) is 111 cm³/mol. The number of H-pyrrole nitrogens is 1. The van der Waals surface area contributed by atoms with Gasteiger partial charge < -0.3 is 5.32 Å². The highest BCUT2D eigenvalue weighted by Crippen LogP contribution is 2.37. The summed E-state index contributed by atoms with van der Waals surface area (Å²) >= 11 is 6.18. The number of hydrogen-bond acceptors (Lipinski definition) is 5. The summed E-state index contributed by atoms with van der Waals surface area (Å²) in [5.74, 6) is -1.37. The van der Waals surface area contributed by atoms with Crippen LogP contribution in [0.1, 0.15) is 24.2 Å². The molecule has 150 valence electrons. The maximum absolute atomic E-state index is 12.8. The second-order valence-electron chi connectivity index (χ2n) is 7.50. The second-order valence-corrected chi connectivity index (χ2v) is 9.72. The molecule has 1 fully saturated rings. The van der Waals surface area contributed by atoms with E-state index in [0.717, 1.165) is 15.2 Å². The second kappa shape index (κ2) is 6.57. The molecule has 1 saturated heterocycles. The molecule has 0 spiro atoms. The number of amides is 2. The van der Waals surface area contributed by atoms with Crippen LogP contribution in [0.5, 0.6) is 0 Å². The molecule has 0 saturated carbocycles. The van der Waals surface area contributed by atoms with Gasteiger partial charge in [0.2, 0.25) is 15.9 Å². The Morgan fingerprint density at radius 1 is 1.24 bits per heavy atom. The van der Waals surface area contributed by atoms with Crippen LogP contribution < -0.4 is 9.62 Å². The van der Waals surface area contributed by atoms with Crippen molar-refractivity contribution in [3.05, 3.63) is 53.2 Å². The Morgan fingerprint density at radius 3 is 2.69 bits per heavy atom. The summed E-state index contributed by atoms with van der Waals surface area (Å²) in [7, 11) is -3.83. The lowest BCUT2D eigenvalue weighted by Crippen LogP contribution is -2.33. The van der Waals surface area contributed by atoms with Gasteiger partial charge in [-0.05, 0) is 50.2 Å². The molecule has 8 nitrogen and oxygen atoms in total. The third kappa shape index (κ3) is 3.36. The predicted octanol–water partition coefficient (Wildman–Crippen LogP) is 3.17. The lowest BCUT2D eigenvalue weighted by molar-refractivity contribution is -0.123. The first-order valence-corrected chi connectivity index (χ1v) is 10.7. The molecule has 1 aliphatic heterocycles. The van der Waals surface area contributed by atoms with Crippen LogP contribution in [-0.2, 0) is 14.8 Å². The first-order valence-electron chi connectivity index (χ1n) is 8.70. The van der Waals surface area contributed by atoms with Crippen LogP contribution in [-0.4, -0.2) is 36.2 Å². The SMILES string of the molecule is CC1(C)CS(=O)(=O)N(c2ccc(Cl)c(C(=O)Nc3ccc4cn[nH]c4c3)c2)C1=O. The quantitative estimate of drug-likeness (QED) is 0.660. The highest BCUT2D eigenvalue weighted by molar-refractivity contribution is 7.94. The number of carbonyl (C=O) groups is 2. The van der Waals surface area contributed by atoms with Gasteiger partial charge in [0, 0.05) is 11.1 Å². The van der Waals surface area contributed by atoms with E-state index in [0.29, 0.717) is 5.69 Å². The van der Waals surface area contributed by atoms with Crippen molar-refractivity contribution in [3.8, 4) is 0 Å². The molecule has 2 amide bonds. The molecule has 0 bridgehead atoms. The van der Waals surface area contributed by atoms with E-state index in [9.17, 15) is 18.0 Å². The van der Waals surface area contributed by atoms with E-state index in [-0.39, 0.29) is 22.0 Å². The number of halogens is 1. The van der Waals surface area contributed by atoms with Crippen molar-refractivity contribution < 1.29 is 18.0 Å². The van der Waals surface area contributed by atoms with E-state index in [4.69, 9.17) is 11.6 Å². The maximum atomic E-state index is 12.8. The van der Waals surface area contributed by atoms with E-state index in [1.54, 1.807) is 38.2 Å². The Morgan fingerprint density at radius 2 is 2.00 bits per heavy atom. The number of aromatic nitrogens is 2. The summed E-state index contributed by atoms with van der Waals surface area (Å²) < 4.78 is 25.8. The first-order chi connectivity index (χ1) is 13.6. The van der Waals surface area contributed by atoms with Crippen molar-refractivity contribution in [2.24, 2.45) is 5.41 Å². The number of carbonyl (C=O) groups excluding carboxylic acids is 2. The van der Waals surface area contributed by atoms with Gasteiger partial charge in [0.15, 0.2) is 0 Å². The zero-order valence-electron chi connectivity index (χ0n) is 15.6. The van der Waals surface area contributed by atoms with Crippen LogP contribution >= 0.6 is 11.6 Å². The van der Waals surface area contributed by atoms with Crippen molar-refractivity contribution in [2.45, 2.75) is 13.8 Å². The zero-order chi connectivity index (χ0) is 21.0. The molecule has 1 aliphatic rings. The molecule has 2 aromatic carbocycles. The molecule has 2 N–H and O–H groups in total. The van der Waals surface area contributed by atoms with Gasteiger partial charge >= 0.3 is 0 Å². The van der Waals surface area contributed by atoms with Gasteiger partial charge in [-0.2, -0.15) is 5.10 Å². The fourth-order valence-corrected chi connectivity index (χ4v) is 5.59. The summed E-state index contributed by atoms with van der Waals surface area (Å²) in [6, 6.07) is 9.34. The highest BCUT2D eigenvalue weighted by Gasteiger charge is 2.50. The standard InChI is InChI=1S/C19H17ClN4O4S/c1-19(2)10-29(27,28)24(18(19)26)13-5-6-15(20)14(8-13)17(25)22-12-4-3-11-9-21-23-16(11)7-12/h3-9H,10H2,1-2H3,(H,21,23)(H,22,25). The van der Waals surface area contributed by atoms with Crippen LogP contribution in [0.3, 0.4) is 0 Å². The average molecular weight is 433 g/mol. The Bertz CT molecular complexity index is 1270. The lowest BCUT2D eigenvalue weighted by Gasteiger charge is -2.18. The molecule has 1 aromatic heterocycles. The minimum Gasteiger partial charge on any atom is -0.322 e. The van der Waals surface area contributed by atoms with Gasteiger partial charge in [0.25, 0.3) is 5.91 Å². The summed E-state index contributed by atoms with van der Waals surface area (Å²) in [4.78, 5) is 25.4. The lowest BCUT2D eigenvalue weighted by atomic mass is 9.95. The van der Waals surface area contributed by atoms with Crippen LogP contribution in [0.15, 0.2) is 42.6 Å². The Labute approximate surface area is 171 Å². The van der Waals surface area contributed by atoms with E-state index in [1.165, 1.54) is 18.2 Å². The van der Waals surface area contributed by atoms with Crippen molar-refractivity contribution in [1.82, 2.24) is 10.2 Å². The summed E-state index contributed by atoms with van der Waals surface area (Å²) in [6.45, 7) is 3.14. The monoisotopic (exact) mass is 432 g/mol. The molecule has 3 aromatic rings. The Kier molecular flexibility index (Phi) is 4.39. The first kappa shape index (κ1) is 19.4. The van der Waals surface area contributed by atoms with Gasteiger partial charge in [0.05, 0.1) is 39.2 Å². The van der Waals surface area contributed by atoms with E-state index < -0.39 is 27.3 Å². The fourth-order valence-electron chi connectivity index (χ4n) is 3.29. The number of nitrogens with one attached hydrogen (secondary N) is 2. The number of fused-ring (bicyclic) bond motifs is 1. The highest BCUT2D eigenvalue weighted by atomic mass is 35.5. The Hall–Kier alpha value is -2.91. The van der Waals surface area contributed by atoms with Gasteiger partial charge in [-0.1, -0.05) is 11.6 Å². The van der Waals surface area contributed by atoms with Crippen molar-refractivity contribution in [2.75, 3.05) is 15.4 Å². The van der Waals surface area contributed by atoms with Gasteiger partial charge in [-0.25, -0.2) is 12.7 Å². The third-order valence-corrected chi connectivity index (χ3v) is 7.06. The van der Waals surface area contributed by atoms with E-state index in [1.807, 2.05) is 0 Å². The Balaban J connectivity index is 1.68. The van der Waals surface area contributed by atoms with Crippen molar-refractivity contribution >= 4 is 55.7 Å². The van der Waals surface area contributed by atoms with Crippen LogP contribution in [0.4, 0.5) is 11.4 Å². The maximum Gasteiger partial charge on any atom is 0.257 e. The van der Waals surface area contributed by atoms with Crippen LogP contribution in [0.2, 0.25) is 5.02 Å². The molecular weight excluding hydrogens is 416 g/mol. The van der Waals surface area contributed by atoms with E-state index >= 15 is 0 Å². The van der Waals surface area contributed by atoms with Gasteiger partial charge in [-0.15, -0.1) is 0 Å². The number of nitrogens with zero attached hydrogens (tertiary/aromatic N) is 2. The normalized spacial score (nSPS) is 17.6. The smallest absolute Gasteiger partial charge is 0.257 e. The number of aromatic amines is 1. The average Bonchev–Trinajstić information content (AvgIpc) is 3.15. The number of hydrogen-bond donors (Lipinski definition) is 2. The molecule has 0 atom stereocenters. The number of rotatable bonds is 3. The molecule has 4 rings (SSSR count). The molecular formula is C19H17ClN4O4S. The number of anilines is 2. The molecule has 29 heavy (non-hydrogen) atoms. The minimum absolute atomic E-state index is 0.0570. The fraction of sp³-hybridized carbons (Fsp3) is 0.211. The largest absolute Gasteiger partial charge is 0.322 e. The number of benzene rings is 2. The molecule has 2 heterocycles. The molecule has 0 aliphatic carbocycles. The zero-order valence-corrected chi connectivity index (χ0v) is 17.1. The van der Waals surface area contributed by atoms with Crippen LogP contribution in [0.25, 0.3) is 10.9 Å². The minimum atomic E-state index is -3.83. The summed E-state index contributed by atoms with van der Waals surface area (Å²) in [5, 5.41) is 10.5. The van der Waals surface area contributed by atoms with Gasteiger partial charge in [-0.3, -0.25) is 14.7 Å². The van der Waals surface area contributed by atoms with Crippen molar-refractivity contribution in [1.29, 1.82) is 0 Å². The topological polar surface area (TPSA) is 112 Å². The summed E-state index contributed by atoms with van der Waals surface area (Å²) in [5.41, 5.74) is 0.360. The van der Waals surface area contributed by atoms with E-state index in [2.05, 4.69) is 15.5 Å². The summed E-state index contributed by atoms with van der Waals surface area (Å²) in [6.07, 6.45) is 1.66. The van der Waals surface area contributed by atoms with Gasteiger partial charge in [0.1, 0.15) is 0 Å².